The molecule has 2 rings (SSSR count). The van der Waals surface area contributed by atoms with Crippen molar-refractivity contribution in [2.75, 3.05) is 5.75 Å². The minimum Gasteiger partial charge on any atom is -0.166 e. The number of hydrogen-bond acceptors (Lipinski definition) is 2. The summed E-state index contributed by atoms with van der Waals surface area (Å²) >= 11 is 5.81. The molecule has 0 N–H and O–H groups in total. The molecule has 13 heavy (non-hydrogen) atoms. The lowest BCUT2D eigenvalue weighted by Gasteiger charge is -1.92. The average Bonchev–Trinajstić information content (AvgIpc) is 2.62. The van der Waals surface area contributed by atoms with Gasteiger partial charge in [-0.1, -0.05) is 17.9 Å². The van der Waals surface area contributed by atoms with Crippen LogP contribution in [0.4, 0.5) is 0 Å². The molecule has 0 aliphatic heterocycles. The van der Waals surface area contributed by atoms with Gasteiger partial charge in [0.2, 0.25) is 0 Å². The van der Waals surface area contributed by atoms with E-state index in [0.717, 1.165) is 5.56 Å². The summed E-state index contributed by atoms with van der Waals surface area (Å²) in [5.74, 6) is 6.68. The first-order valence-corrected chi connectivity index (χ1v) is 5.49. The van der Waals surface area contributed by atoms with Crippen molar-refractivity contribution in [1.29, 1.82) is 0 Å². The van der Waals surface area contributed by atoms with Crippen molar-refractivity contribution in [3.8, 4) is 11.8 Å². The molecule has 0 aliphatic carbocycles. The first-order valence-electron chi connectivity index (χ1n) is 3.98. The molecule has 0 bridgehead atoms. The standard InChI is InChI=1S/C11H8S2/c12-7-2-4-9-3-1-5-11-10(9)6-8-13-11/h1,3,5-6,8,12H,7H2. The van der Waals surface area contributed by atoms with Crippen LogP contribution in [0.3, 0.4) is 0 Å². The van der Waals surface area contributed by atoms with E-state index in [2.05, 4.69) is 42.0 Å². The van der Waals surface area contributed by atoms with E-state index in [1.54, 1.807) is 11.3 Å². The van der Waals surface area contributed by atoms with Gasteiger partial charge in [-0.15, -0.1) is 11.3 Å². The summed E-state index contributed by atoms with van der Waals surface area (Å²) in [4.78, 5) is 0. The first-order chi connectivity index (χ1) is 6.42. The minimum atomic E-state index is 0.612. The van der Waals surface area contributed by atoms with Gasteiger partial charge in [0.05, 0.1) is 5.75 Å². The van der Waals surface area contributed by atoms with Crippen molar-refractivity contribution < 1.29 is 0 Å². The van der Waals surface area contributed by atoms with Crippen LogP contribution in [0.2, 0.25) is 0 Å². The fourth-order valence-electron chi connectivity index (χ4n) is 1.24. The Hall–Kier alpha value is -0.910. The number of fused-ring (bicyclic) bond motifs is 1. The van der Waals surface area contributed by atoms with Crippen molar-refractivity contribution in [3.05, 3.63) is 35.2 Å². The summed E-state index contributed by atoms with van der Waals surface area (Å²) in [5, 5.41) is 3.35. The van der Waals surface area contributed by atoms with Crippen LogP contribution in [0.1, 0.15) is 5.56 Å². The molecule has 1 heterocycles. The second kappa shape index (κ2) is 3.87. The van der Waals surface area contributed by atoms with E-state index in [9.17, 15) is 0 Å². The van der Waals surface area contributed by atoms with Crippen LogP contribution in [0.5, 0.6) is 0 Å². The molecule has 1 aromatic heterocycles. The molecule has 0 saturated carbocycles. The molecule has 0 nitrogen and oxygen atoms in total. The Bertz CT molecular complexity index is 471. The van der Waals surface area contributed by atoms with E-state index in [1.165, 1.54) is 10.1 Å². The highest BCUT2D eigenvalue weighted by atomic mass is 32.1. The highest BCUT2D eigenvalue weighted by molar-refractivity contribution is 7.80. The lowest BCUT2D eigenvalue weighted by molar-refractivity contribution is 1.76. The molecule has 0 saturated heterocycles. The SMILES string of the molecule is SCC#Cc1cccc2sccc12. The molecule has 0 spiro atoms. The second-order valence-corrected chi connectivity index (χ2v) is 3.86. The van der Waals surface area contributed by atoms with E-state index in [-0.39, 0.29) is 0 Å². The quantitative estimate of drug-likeness (QED) is 0.494. The zero-order valence-corrected chi connectivity index (χ0v) is 8.66. The number of hydrogen-bond donors (Lipinski definition) is 1. The molecule has 0 radical (unpaired) electrons. The van der Waals surface area contributed by atoms with Gasteiger partial charge in [0, 0.05) is 15.6 Å². The highest BCUT2D eigenvalue weighted by Gasteiger charge is 1.97. The van der Waals surface area contributed by atoms with Gasteiger partial charge in [0.1, 0.15) is 0 Å². The maximum Gasteiger partial charge on any atom is 0.0521 e. The van der Waals surface area contributed by atoms with Gasteiger partial charge in [0.15, 0.2) is 0 Å². The molecule has 1 aromatic carbocycles. The van der Waals surface area contributed by atoms with Gasteiger partial charge in [-0.25, -0.2) is 0 Å². The van der Waals surface area contributed by atoms with E-state index in [1.807, 2.05) is 12.1 Å². The van der Waals surface area contributed by atoms with Crippen LogP contribution in [-0.4, -0.2) is 5.75 Å². The Morgan fingerprint density at radius 3 is 3.08 bits per heavy atom. The zero-order valence-electron chi connectivity index (χ0n) is 6.95. The third-order valence-corrected chi connectivity index (χ3v) is 2.84. The number of rotatable bonds is 0. The van der Waals surface area contributed by atoms with Gasteiger partial charge in [0.25, 0.3) is 0 Å². The molecule has 0 atom stereocenters. The topological polar surface area (TPSA) is 0 Å². The summed E-state index contributed by atoms with van der Waals surface area (Å²) < 4.78 is 1.30. The van der Waals surface area contributed by atoms with E-state index in [0.29, 0.717) is 5.75 Å². The molecule has 64 valence electrons. The van der Waals surface area contributed by atoms with E-state index < -0.39 is 0 Å². The Balaban J connectivity index is 2.61. The zero-order chi connectivity index (χ0) is 9.10. The monoisotopic (exact) mass is 204 g/mol. The summed E-state index contributed by atoms with van der Waals surface area (Å²) in [6.45, 7) is 0. The fraction of sp³-hybridized carbons (Fsp3) is 0.0909. The highest BCUT2D eigenvalue weighted by Crippen LogP contribution is 2.23. The van der Waals surface area contributed by atoms with Gasteiger partial charge in [-0.3, -0.25) is 0 Å². The van der Waals surface area contributed by atoms with Crippen molar-refractivity contribution >= 4 is 34.1 Å². The number of thiophene rings is 1. The maximum atomic E-state index is 4.06. The third kappa shape index (κ3) is 1.72. The van der Waals surface area contributed by atoms with Crippen LogP contribution in [0, 0.1) is 11.8 Å². The third-order valence-electron chi connectivity index (χ3n) is 1.80. The molecule has 0 amide bonds. The Morgan fingerprint density at radius 2 is 2.23 bits per heavy atom. The summed E-state index contributed by atoms with van der Waals surface area (Å²) in [6.07, 6.45) is 0. The molecule has 2 aromatic rings. The summed E-state index contributed by atoms with van der Waals surface area (Å²) in [5.41, 5.74) is 1.10. The van der Waals surface area contributed by atoms with Crippen molar-refractivity contribution in [3.63, 3.8) is 0 Å². The first kappa shape index (κ1) is 8.68. The Morgan fingerprint density at radius 1 is 1.31 bits per heavy atom. The van der Waals surface area contributed by atoms with Crippen LogP contribution >= 0.6 is 24.0 Å². The summed E-state index contributed by atoms with van der Waals surface area (Å²) in [7, 11) is 0. The lowest BCUT2D eigenvalue weighted by atomic mass is 10.1. The van der Waals surface area contributed by atoms with Crippen LogP contribution in [0.15, 0.2) is 29.6 Å². The van der Waals surface area contributed by atoms with Crippen LogP contribution < -0.4 is 0 Å². The van der Waals surface area contributed by atoms with Gasteiger partial charge < -0.3 is 0 Å². The molecule has 0 aliphatic rings. The number of thiol groups is 1. The predicted octanol–water partition coefficient (Wildman–Crippen LogP) is 3.18. The number of benzene rings is 1. The van der Waals surface area contributed by atoms with E-state index >= 15 is 0 Å². The smallest absolute Gasteiger partial charge is 0.0521 e. The van der Waals surface area contributed by atoms with Crippen LogP contribution in [0.25, 0.3) is 10.1 Å². The maximum absolute atomic E-state index is 4.06. The second-order valence-electron chi connectivity index (χ2n) is 2.60. The molecular weight excluding hydrogens is 196 g/mol. The molecule has 0 unspecified atom stereocenters. The summed E-state index contributed by atoms with van der Waals surface area (Å²) in [6, 6.07) is 8.32. The normalized spacial score (nSPS) is 9.62. The van der Waals surface area contributed by atoms with Crippen molar-refractivity contribution in [1.82, 2.24) is 0 Å². The van der Waals surface area contributed by atoms with Gasteiger partial charge >= 0.3 is 0 Å². The van der Waals surface area contributed by atoms with E-state index in [4.69, 9.17) is 0 Å². The Labute approximate surface area is 87.0 Å². The van der Waals surface area contributed by atoms with Crippen molar-refractivity contribution in [2.24, 2.45) is 0 Å². The molecule has 0 fully saturated rings. The predicted molar refractivity (Wildman–Crippen MR) is 62.6 cm³/mol. The largest absolute Gasteiger partial charge is 0.166 e. The van der Waals surface area contributed by atoms with Gasteiger partial charge in [-0.05, 0) is 23.6 Å². The fourth-order valence-corrected chi connectivity index (χ4v) is 2.13. The van der Waals surface area contributed by atoms with Crippen LogP contribution in [-0.2, 0) is 0 Å². The minimum absolute atomic E-state index is 0.612. The van der Waals surface area contributed by atoms with Crippen molar-refractivity contribution in [2.45, 2.75) is 0 Å². The Kier molecular flexibility index (Phi) is 2.58. The van der Waals surface area contributed by atoms with Gasteiger partial charge in [-0.2, -0.15) is 12.6 Å². The lowest BCUT2D eigenvalue weighted by Crippen LogP contribution is -1.74. The molecule has 2 heteroatoms. The average molecular weight is 204 g/mol. The molecular formula is C11H8S2.